The molecule has 2 aromatic rings. The summed E-state index contributed by atoms with van der Waals surface area (Å²) in [6.07, 6.45) is 1.63. The van der Waals surface area contributed by atoms with Gasteiger partial charge in [0.25, 0.3) is 5.91 Å². The van der Waals surface area contributed by atoms with E-state index in [4.69, 9.17) is 11.5 Å². The van der Waals surface area contributed by atoms with E-state index in [-0.39, 0.29) is 16.4 Å². The van der Waals surface area contributed by atoms with Gasteiger partial charge in [0, 0.05) is 26.1 Å². The molecule has 0 aliphatic heterocycles. The first-order valence-corrected chi connectivity index (χ1v) is 11.1. The monoisotopic (exact) mass is 455 g/mol. The van der Waals surface area contributed by atoms with Crippen molar-refractivity contribution in [3.63, 3.8) is 0 Å². The van der Waals surface area contributed by atoms with Crippen LogP contribution >= 0.6 is 27.7 Å². The molecular formula is C17H18BrN3O3S2. The zero-order chi connectivity index (χ0) is 19.5. The van der Waals surface area contributed by atoms with E-state index in [1.165, 1.54) is 17.8 Å². The molecule has 0 unspecified atom stereocenters. The molecule has 26 heavy (non-hydrogen) atoms. The van der Waals surface area contributed by atoms with Crippen molar-refractivity contribution in [1.82, 2.24) is 0 Å². The summed E-state index contributed by atoms with van der Waals surface area (Å²) in [7, 11) is -3.58. The Kier molecular flexibility index (Phi) is 6.48. The van der Waals surface area contributed by atoms with E-state index in [2.05, 4.69) is 20.9 Å². The molecule has 9 heteroatoms. The van der Waals surface area contributed by atoms with Crippen LogP contribution in [0.3, 0.4) is 0 Å². The Labute approximate surface area is 165 Å². The maximum absolute atomic E-state index is 12.3. The van der Waals surface area contributed by atoms with Gasteiger partial charge in [-0.1, -0.05) is 30.8 Å². The molecule has 0 aliphatic rings. The molecule has 0 radical (unpaired) electrons. The number of hydrogen-bond acceptors (Lipinski definition) is 4. The average molecular weight is 456 g/mol. The van der Waals surface area contributed by atoms with E-state index in [0.717, 1.165) is 15.6 Å². The van der Waals surface area contributed by atoms with Gasteiger partial charge >= 0.3 is 0 Å². The smallest absolute Gasteiger partial charge is 0.280 e. The van der Waals surface area contributed by atoms with E-state index in [1.54, 1.807) is 6.07 Å². The minimum absolute atomic E-state index is 0.0598. The fraction of sp³-hybridized carbons (Fsp3) is 0.176. The van der Waals surface area contributed by atoms with Crippen LogP contribution in [-0.2, 0) is 16.3 Å². The third-order valence-corrected chi connectivity index (χ3v) is 6.82. The van der Waals surface area contributed by atoms with Crippen molar-refractivity contribution in [1.29, 1.82) is 0 Å². The van der Waals surface area contributed by atoms with Gasteiger partial charge in [0.1, 0.15) is 0 Å². The van der Waals surface area contributed by atoms with Crippen molar-refractivity contribution in [2.45, 2.75) is 28.0 Å². The number of guanidine groups is 1. The first-order chi connectivity index (χ1) is 12.1. The summed E-state index contributed by atoms with van der Waals surface area (Å²) in [5.41, 5.74) is 11.4. The predicted molar refractivity (Wildman–Crippen MR) is 107 cm³/mol. The van der Waals surface area contributed by atoms with Gasteiger partial charge in [-0.15, -0.1) is 0 Å². The second kappa shape index (κ2) is 8.24. The van der Waals surface area contributed by atoms with Crippen LogP contribution in [0.25, 0.3) is 0 Å². The summed E-state index contributed by atoms with van der Waals surface area (Å²) in [6, 6.07) is 10.5. The standard InChI is InChI=1S/C17H18BrN3O3S2/c1-3-10-8-14(25-13-7-5-4-6-12(13)18)15(26(2,23)24)9-11(10)16(22)21-17(19)20/h4-9H,3H2,1-2H3,(H4,19,20,21,22). The Hall–Kier alpha value is -1.84. The topological polar surface area (TPSA) is 116 Å². The molecule has 0 saturated heterocycles. The molecule has 0 aliphatic carbocycles. The van der Waals surface area contributed by atoms with E-state index < -0.39 is 15.7 Å². The quantitative estimate of drug-likeness (QED) is 0.528. The largest absolute Gasteiger partial charge is 0.370 e. The Balaban J connectivity index is 2.67. The van der Waals surface area contributed by atoms with Crippen LogP contribution in [0.2, 0.25) is 0 Å². The second-order valence-electron chi connectivity index (χ2n) is 5.46. The highest BCUT2D eigenvalue weighted by molar-refractivity contribution is 9.10. The maximum Gasteiger partial charge on any atom is 0.280 e. The van der Waals surface area contributed by atoms with Crippen LogP contribution < -0.4 is 11.5 Å². The Bertz CT molecular complexity index is 985. The van der Waals surface area contributed by atoms with Crippen molar-refractivity contribution in [3.8, 4) is 0 Å². The zero-order valence-corrected chi connectivity index (χ0v) is 17.4. The van der Waals surface area contributed by atoms with Gasteiger partial charge in [-0.25, -0.2) is 8.42 Å². The highest BCUT2D eigenvalue weighted by Crippen LogP contribution is 2.38. The lowest BCUT2D eigenvalue weighted by molar-refractivity contribution is 0.100. The van der Waals surface area contributed by atoms with Crippen molar-refractivity contribution < 1.29 is 13.2 Å². The lowest BCUT2D eigenvalue weighted by Crippen LogP contribution is -2.24. The number of hydrogen-bond donors (Lipinski definition) is 2. The van der Waals surface area contributed by atoms with Crippen LogP contribution in [0, 0.1) is 0 Å². The predicted octanol–water partition coefficient (Wildman–Crippen LogP) is 2.98. The first kappa shape index (κ1) is 20.5. The Morgan fingerprint density at radius 3 is 2.38 bits per heavy atom. The molecule has 0 fully saturated rings. The molecular weight excluding hydrogens is 438 g/mol. The highest BCUT2D eigenvalue weighted by Gasteiger charge is 2.21. The molecule has 1 amide bonds. The Morgan fingerprint density at radius 1 is 1.19 bits per heavy atom. The van der Waals surface area contributed by atoms with Gasteiger partial charge in [-0.3, -0.25) is 4.79 Å². The third kappa shape index (κ3) is 4.87. The van der Waals surface area contributed by atoms with Crippen LogP contribution in [0.5, 0.6) is 0 Å². The number of nitrogens with two attached hydrogens (primary N) is 2. The number of carbonyl (C=O) groups excluding carboxylic acids is 1. The molecule has 2 aromatic carbocycles. The van der Waals surface area contributed by atoms with E-state index in [0.29, 0.717) is 16.9 Å². The molecule has 138 valence electrons. The van der Waals surface area contributed by atoms with Gasteiger partial charge in [0.2, 0.25) is 0 Å². The minimum Gasteiger partial charge on any atom is -0.370 e. The fourth-order valence-electron chi connectivity index (χ4n) is 2.29. The number of aliphatic imine (C=N–C) groups is 1. The second-order valence-corrected chi connectivity index (χ2v) is 9.38. The molecule has 0 atom stereocenters. The highest BCUT2D eigenvalue weighted by atomic mass is 79.9. The van der Waals surface area contributed by atoms with Crippen LogP contribution in [0.1, 0.15) is 22.8 Å². The number of aryl methyl sites for hydroxylation is 1. The van der Waals surface area contributed by atoms with Crippen molar-refractivity contribution in [3.05, 3.63) is 52.0 Å². The van der Waals surface area contributed by atoms with Crippen molar-refractivity contribution >= 4 is 49.4 Å². The molecule has 6 nitrogen and oxygen atoms in total. The summed E-state index contributed by atoms with van der Waals surface area (Å²) >= 11 is 4.77. The molecule has 0 saturated carbocycles. The summed E-state index contributed by atoms with van der Waals surface area (Å²) in [6.45, 7) is 1.87. The number of amides is 1. The number of nitrogens with zero attached hydrogens (tertiary/aromatic N) is 1. The molecule has 4 N–H and O–H groups in total. The summed E-state index contributed by atoms with van der Waals surface area (Å²) in [5, 5.41) is 0. The van der Waals surface area contributed by atoms with Crippen LogP contribution in [-0.4, -0.2) is 26.5 Å². The van der Waals surface area contributed by atoms with E-state index in [1.807, 2.05) is 31.2 Å². The SMILES string of the molecule is CCc1cc(Sc2ccccc2Br)c(S(C)(=O)=O)cc1C(=O)N=C(N)N. The number of rotatable bonds is 5. The van der Waals surface area contributed by atoms with Gasteiger partial charge in [-0.2, -0.15) is 4.99 Å². The number of sulfone groups is 1. The number of carbonyl (C=O) groups is 1. The molecule has 2 rings (SSSR count). The van der Waals surface area contributed by atoms with Crippen molar-refractivity contribution in [2.24, 2.45) is 16.5 Å². The van der Waals surface area contributed by atoms with Crippen LogP contribution in [0.4, 0.5) is 0 Å². The first-order valence-electron chi connectivity index (χ1n) is 7.56. The summed E-state index contributed by atoms with van der Waals surface area (Å²) < 4.78 is 25.5. The maximum atomic E-state index is 12.3. The van der Waals surface area contributed by atoms with Gasteiger partial charge in [0.15, 0.2) is 15.8 Å². The van der Waals surface area contributed by atoms with Gasteiger partial charge < -0.3 is 11.5 Å². The lowest BCUT2D eigenvalue weighted by Gasteiger charge is -2.14. The summed E-state index contributed by atoms with van der Waals surface area (Å²) in [5.74, 6) is -1.03. The van der Waals surface area contributed by atoms with Crippen molar-refractivity contribution in [2.75, 3.05) is 6.26 Å². The minimum atomic E-state index is -3.58. The number of benzene rings is 2. The molecule has 0 spiro atoms. The Morgan fingerprint density at radius 2 is 1.85 bits per heavy atom. The summed E-state index contributed by atoms with van der Waals surface area (Å²) in [4.78, 5) is 17.3. The lowest BCUT2D eigenvalue weighted by atomic mass is 10.0. The van der Waals surface area contributed by atoms with Gasteiger partial charge in [-0.05, 0) is 52.2 Å². The molecule has 0 aromatic heterocycles. The molecule has 0 bridgehead atoms. The zero-order valence-electron chi connectivity index (χ0n) is 14.2. The van der Waals surface area contributed by atoms with E-state index >= 15 is 0 Å². The number of halogens is 1. The van der Waals surface area contributed by atoms with Gasteiger partial charge in [0.05, 0.1) is 4.90 Å². The van der Waals surface area contributed by atoms with Crippen LogP contribution in [0.15, 0.2) is 60.5 Å². The fourth-order valence-corrected chi connectivity index (χ4v) is 5.06. The molecule has 0 heterocycles. The average Bonchev–Trinajstić information content (AvgIpc) is 2.54. The van der Waals surface area contributed by atoms with E-state index in [9.17, 15) is 13.2 Å². The third-order valence-electron chi connectivity index (χ3n) is 3.47. The normalized spacial score (nSPS) is 11.2.